The van der Waals surface area contributed by atoms with E-state index in [4.69, 9.17) is 11.5 Å². The van der Waals surface area contributed by atoms with Gasteiger partial charge in [0.15, 0.2) is 0 Å². The predicted molar refractivity (Wildman–Crippen MR) is 72.2 cm³/mol. The first-order chi connectivity index (χ1) is 8.35. The van der Waals surface area contributed by atoms with Gasteiger partial charge in [0.1, 0.15) is 0 Å². The minimum atomic E-state index is -0.811. The van der Waals surface area contributed by atoms with E-state index in [1.54, 1.807) is 6.92 Å². The van der Waals surface area contributed by atoms with Gasteiger partial charge < -0.3 is 5.11 Å². The first-order valence-corrected chi connectivity index (χ1v) is 5.90. The Labute approximate surface area is 108 Å². The fraction of sp³-hybridized carbons (Fsp3) is 0.400. The molecule has 0 fully saturated rings. The van der Waals surface area contributed by atoms with Crippen molar-refractivity contribution in [3.05, 3.63) is 35.4 Å². The molecule has 96 valence electrons. The quantitative estimate of drug-likeness (QED) is 0.783. The number of rotatable bonds is 5. The Kier molecular flexibility index (Phi) is 4.52. The molecule has 1 unspecified atom stereocenters. The van der Waals surface area contributed by atoms with Crippen LogP contribution in [0.4, 0.5) is 0 Å². The normalized spacial score (nSPS) is 12.8. The SMILES string of the molecule is C#CC(C)(C)NCc1ccc(C(C)C(=O)O)cc1. The van der Waals surface area contributed by atoms with Crippen LogP contribution in [0, 0.1) is 12.3 Å². The largest absolute Gasteiger partial charge is 0.481 e. The Morgan fingerprint density at radius 1 is 1.44 bits per heavy atom. The Hall–Kier alpha value is -1.79. The number of benzene rings is 1. The third-order valence-corrected chi connectivity index (χ3v) is 2.95. The minimum Gasteiger partial charge on any atom is -0.481 e. The molecule has 0 saturated heterocycles. The first-order valence-electron chi connectivity index (χ1n) is 5.90. The van der Waals surface area contributed by atoms with Crippen molar-refractivity contribution in [2.75, 3.05) is 0 Å². The molecule has 0 aromatic heterocycles. The summed E-state index contributed by atoms with van der Waals surface area (Å²) >= 11 is 0. The van der Waals surface area contributed by atoms with E-state index in [0.29, 0.717) is 6.54 Å². The van der Waals surface area contributed by atoms with E-state index in [9.17, 15) is 4.79 Å². The second kappa shape index (κ2) is 5.70. The number of aliphatic carboxylic acids is 1. The zero-order valence-corrected chi connectivity index (χ0v) is 11.0. The third kappa shape index (κ3) is 3.90. The third-order valence-electron chi connectivity index (χ3n) is 2.95. The van der Waals surface area contributed by atoms with Gasteiger partial charge in [0, 0.05) is 6.54 Å². The zero-order valence-electron chi connectivity index (χ0n) is 11.0. The second-order valence-corrected chi connectivity index (χ2v) is 4.92. The van der Waals surface area contributed by atoms with Gasteiger partial charge in [-0.25, -0.2) is 0 Å². The van der Waals surface area contributed by atoms with E-state index in [1.165, 1.54) is 0 Å². The molecule has 0 radical (unpaired) electrons. The van der Waals surface area contributed by atoms with Crippen molar-refractivity contribution in [2.45, 2.75) is 38.8 Å². The molecule has 0 aliphatic rings. The summed E-state index contributed by atoms with van der Waals surface area (Å²) in [5.74, 6) is 1.38. The highest BCUT2D eigenvalue weighted by Crippen LogP contribution is 2.16. The summed E-state index contributed by atoms with van der Waals surface area (Å²) in [5.41, 5.74) is 1.55. The van der Waals surface area contributed by atoms with Crippen molar-refractivity contribution in [3.63, 3.8) is 0 Å². The summed E-state index contributed by atoms with van der Waals surface area (Å²) in [4.78, 5) is 10.8. The molecule has 1 atom stereocenters. The Morgan fingerprint density at radius 2 is 2.00 bits per heavy atom. The second-order valence-electron chi connectivity index (χ2n) is 4.92. The van der Waals surface area contributed by atoms with Gasteiger partial charge in [-0.3, -0.25) is 10.1 Å². The van der Waals surface area contributed by atoms with Crippen molar-refractivity contribution in [1.82, 2.24) is 5.32 Å². The average Bonchev–Trinajstić information content (AvgIpc) is 2.36. The highest BCUT2D eigenvalue weighted by molar-refractivity contribution is 5.75. The molecule has 0 amide bonds. The van der Waals surface area contributed by atoms with Crippen LogP contribution in [0.3, 0.4) is 0 Å². The number of carbonyl (C=O) groups is 1. The van der Waals surface area contributed by atoms with Gasteiger partial charge in [-0.05, 0) is 31.9 Å². The topological polar surface area (TPSA) is 49.3 Å². The van der Waals surface area contributed by atoms with E-state index in [1.807, 2.05) is 38.1 Å². The summed E-state index contributed by atoms with van der Waals surface area (Å²) in [6, 6.07) is 7.54. The first kappa shape index (κ1) is 14.3. The van der Waals surface area contributed by atoms with E-state index in [0.717, 1.165) is 11.1 Å². The maximum atomic E-state index is 10.8. The minimum absolute atomic E-state index is 0.340. The summed E-state index contributed by atoms with van der Waals surface area (Å²) in [6.45, 7) is 6.22. The molecule has 1 aromatic rings. The summed E-state index contributed by atoms with van der Waals surface area (Å²) in [7, 11) is 0. The number of nitrogens with one attached hydrogen (secondary N) is 1. The number of carboxylic acid groups (broad SMARTS) is 1. The van der Waals surface area contributed by atoms with Crippen LogP contribution < -0.4 is 5.32 Å². The van der Waals surface area contributed by atoms with Crippen molar-refractivity contribution in [3.8, 4) is 12.3 Å². The van der Waals surface area contributed by atoms with Gasteiger partial charge >= 0.3 is 5.97 Å². The lowest BCUT2D eigenvalue weighted by atomic mass is 9.99. The highest BCUT2D eigenvalue weighted by atomic mass is 16.4. The van der Waals surface area contributed by atoms with Crippen LogP contribution in [-0.2, 0) is 11.3 Å². The number of hydrogen-bond acceptors (Lipinski definition) is 2. The number of carboxylic acids is 1. The van der Waals surface area contributed by atoms with Crippen molar-refractivity contribution in [1.29, 1.82) is 0 Å². The molecule has 0 heterocycles. The van der Waals surface area contributed by atoms with Crippen LogP contribution in [0.15, 0.2) is 24.3 Å². The van der Waals surface area contributed by atoms with E-state index in [-0.39, 0.29) is 5.54 Å². The van der Waals surface area contributed by atoms with Crippen LogP contribution >= 0.6 is 0 Å². The molecule has 3 heteroatoms. The molecule has 0 saturated carbocycles. The predicted octanol–water partition coefficient (Wildman–Crippen LogP) is 2.38. The van der Waals surface area contributed by atoms with Crippen LogP contribution in [0.25, 0.3) is 0 Å². The summed E-state index contributed by atoms with van der Waals surface area (Å²) in [5, 5.41) is 12.2. The molecule has 0 bridgehead atoms. The van der Waals surface area contributed by atoms with Gasteiger partial charge in [0.2, 0.25) is 0 Å². The van der Waals surface area contributed by atoms with Crippen molar-refractivity contribution in [2.24, 2.45) is 0 Å². The molecular formula is C15H19NO2. The molecule has 1 aromatic carbocycles. The molecule has 0 aliphatic carbocycles. The van der Waals surface area contributed by atoms with E-state index < -0.39 is 11.9 Å². The Morgan fingerprint density at radius 3 is 2.44 bits per heavy atom. The average molecular weight is 245 g/mol. The van der Waals surface area contributed by atoms with Crippen LogP contribution in [0.5, 0.6) is 0 Å². The lowest BCUT2D eigenvalue weighted by Gasteiger charge is -2.19. The lowest BCUT2D eigenvalue weighted by molar-refractivity contribution is -0.138. The standard InChI is InChI=1S/C15H19NO2/c1-5-15(3,4)16-10-12-6-8-13(9-7-12)11(2)14(17)18/h1,6-9,11,16H,10H2,2-4H3,(H,17,18). The Balaban J connectivity index is 2.67. The maximum absolute atomic E-state index is 10.8. The number of hydrogen-bond donors (Lipinski definition) is 2. The lowest BCUT2D eigenvalue weighted by Crippen LogP contribution is -2.36. The molecule has 18 heavy (non-hydrogen) atoms. The Bertz CT molecular complexity index is 454. The van der Waals surface area contributed by atoms with Gasteiger partial charge in [-0.1, -0.05) is 30.2 Å². The molecular weight excluding hydrogens is 226 g/mol. The summed E-state index contributed by atoms with van der Waals surface area (Å²) in [6.07, 6.45) is 5.39. The smallest absolute Gasteiger partial charge is 0.310 e. The molecule has 3 nitrogen and oxygen atoms in total. The monoisotopic (exact) mass is 245 g/mol. The van der Waals surface area contributed by atoms with Crippen LogP contribution in [0.2, 0.25) is 0 Å². The zero-order chi connectivity index (χ0) is 13.8. The highest BCUT2D eigenvalue weighted by Gasteiger charge is 2.14. The maximum Gasteiger partial charge on any atom is 0.310 e. The fourth-order valence-corrected chi connectivity index (χ4v) is 1.44. The summed E-state index contributed by atoms with van der Waals surface area (Å²) < 4.78 is 0. The van der Waals surface area contributed by atoms with E-state index >= 15 is 0 Å². The van der Waals surface area contributed by atoms with Gasteiger partial charge in [0.25, 0.3) is 0 Å². The number of terminal acetylenes is 1. The van der Waals surface area contributed by atoms with Crippen LogP contribution in [0.1, 0.15) is 37.8 Å². The molecule has 2 N–H and O–H groups in total. The van der Waals surface area contributed by atoms with Crippen molar-refractivity contribution >= 4 is 5.97 Å². The van der Waals surface area contributed by atoms with Crippen molar-refractivity contribution < 1.29 is 9.90 Å². The molecule has 1 rings (SSSR count). The molecule has 0 aliphatic heterocycles. The fourth-order valence-electron chi connectivity index (χ4n) is 1.44. The van der Waals surface area contributed by atoms with Gasteiger partial charge in [0.05, 0.1) is 11.5 Å². The van der Waals surface area contributed by atoms with Gasteiger partial charge in [-0.15, -0.1) is 6.42 Å². The van der Waals surface area contributed by atoms with E-state index in [2.05, 4.69) is 11.2 Å². The van der Waals surface area contributed by atoms with Crippen LogP contribution in [-0.4, -0.2) is 16.6 Å². The van der Waals surface area contributed by atoms with Gasteiger partial charge in [-0.2, -0.15) is 0 Å². The molecule has 0 spiro atoms.